The minimum atomic E-state index is 0.354. The number of hydrogen-bond donors (Lipinski definition) is 1. The first-order valence-electron chi connectivity index (χ1n) is 7.10. The zero-order valence-corrected chi connectivity index (χ0v) is 13.3. The van der Waals surface area contributed by atoms with Crippen molar-refractivity contribution in [1.29, 1.82) is 0 Å². The second kappa shape index (κ2) is 7.50. The Morgan fingerprint density at radius 3 is 2.60 bits per heavy atom. The van der Waals surface area contributed by atoms with Gasteiger partial charge in [-0.15, -0.1) is 0 Å². The van der Waals surface area contributed by atoms with Gasteiger partial charge in [-0.25, -0.2) is 4.98 Å². The predicted molar refractivity (Wildman–Crippen MR) is 86.2 cm³/mol. The van der Waals surface area contributed by atoms with E-state index in [0.29, 0.717) is 6.04 Å². The van der Waals surface area contributed by atoms with E-state index in [4.69, 9.17) is 0 Å². The summed E-state index contributed by atoms with van der Waals surface area (Å²) in [6.07, 6.45) is 6.18. The molecule has 1 atom stereocenters. The lowest BCUT2D eigenvalue weighted by Gasteiger charge is -2.16. The molecule has 3 nitrogen and oxygen atoms in total. The molecule has 1 heterocycles. The van der Waals surface area contributed by atoms with Crippen LogP contribution >= 0.6 is 11.8 Å². The zero-order valence-electron chi connectivity index (χ0n) is 12.5. The second-order valence-corrected chi connectivity index (χ2v) is 5.95. The fraction of sp³-hybridized carbons (Fsp3) is 0.438. The van der Waals surface area contributed by atoms with Crippen molar-refractivity contribution in [2.24, 2.45) is 7.05 Å². The summed E-state index contributed by atoms with van der Waals surface area (Å²) in [6.45, 7) is 2.22. The van der Waals surface area contributed by atoms with E-state index in [2.05, 4.69) is 46.1 Å². The average molecular weight is 289 g/mol. The van der Waals surface area contributed by atoms with Crippen LogP contribution in [-0.2, 0) is 13.5 Å². The third kappa shape index (κ3) is 3.87. The summed E-state index contributed by atoms with van der Waals surface area (Å²) in [5.41, 5.74) is 2.76. The van der Waals surface area contributed by atoms with Gasteiger partial charge in [-0.1, -0.05) is 49.4 Å². The van der Waals surface area contributed by atoms with Crippen molar-refractivity contribution in [3.63, 3.8) is 0 Å². The average Bonchev–Trinajstić information content (AvgIpc) is 2.87. The van der Waals surface area contributed by atoms with Gasteiger partial charge in [0.05, 0.1) is 0 Å². The lowest BCUT2D eigenvalue weighted by molar-refractivity contribution is 0.659. The highest BCUT2D eigenvalue weighted by Crippen LogP contribution is 2.23. The molecule has 1 aromatic heterocycles. The molecule has 0 saturated heterocycles. The maximum absolute atomic E-state index is 4.35. The maximum atomic E-state index is 4.35. The Hall–Kier alpha value is -1.26. The Balaban J connectivity index is 1.98. The van der Waals surface area contributed by atoms with Gasteiger partial charge < -0.3 is 9.88 Å². The van der Waals surface area contributed by atoms with Crippen LogP contribution < -0.4 is 5.32 Å². The molecular weight excluding hydrogens is 266 g/mol. The number of hydrogen-bond acceptors (Lipinski definition) is 3. The van der Waals surface area contributed by atoms with Crippen molar-refractivity contribution in [2.75, 3.05) is 12.8 Å². The molecule has 0 fully saturated rings. The molecule has 1 aromatic carbocycles. The van der Waals surface area contributed by atoms with Crippen LogP contribution in [0.3, 0.4) is 0 Å². The summed E-state index contributed by atoms with van der Waals surface area (Å²) in [5.74, 6) is 0.981. The van der Waals surface area contributed by atoms with Crippen LogP contribution in [0, 0.1) is 0 Å². The number of imidazole rings is 1. The fourth-order valence-electron chi connectivity index (χ4n) is 2.20. The number of nitrogens with zero attached hydrogens (tertiary/aromatic N) is 2. The van der Waals surface area contributed by atoms with Gasteiger partial charge in [-0.05, 0) is 24.6 Å². The fourth-order valence-corrected chi connectivity index (χ4v) is 3.28. The lowest BCUT2D eigenvalue weighted by Crippen LogP contribution is -2.19. The van der Waals surface area contributed by atoms with Gasteiger partial charge in [0.2, 0.25) is 0 Å². The summed E-state index contributed by atoms with van der Waals surface area (Å²) in [6, 6.07) is 9.33. The van der Waals surface area contributed by atoms with Crippen molar-refractivity contribution < 1.29 is 0 Å². The molecule has 1 unspecified atom stereocenters. The number of aromatic nitrogens is 2. The molecule has 0 bridgehead atoms. The van der Waals surface area contributed by atoms with E-state index in [1.54, 1.807) is 11.8 Å². The monoisotopic (exact) mass is 289 g/mol. The van der Waals surface area contributed by atoms with E-state index in [1.807, 2.05) is 26.5 Å². The summed E-state index contributed by atoms with van der Waals surface area (Å²) < 4.78 is 2.06. The van der Waals surface area contributed by atoms with Crippen LogP contribution in [0.4, 0.5) is 0 Å². The number of thioether (sulfide) groups is 1. The Morgan fingerprint density at radius 2 is 2.05 bits per heavy atom. The Bertz CT molecular complexity index is 519. The van der Waals surface area contributed by atoms with Gasteiger partial charge >= 0.3 is 0 Å². The third-order valence-corrected chi connectivity index (χ3v) is 4.58. The van der Waals surface area contributed by atoms with Crippen molar-refractivity contribution in [3.8, 4) is 0 Å². The lowest BCUT2D eigenvalue weighted by atomic mass is 10.0. The largest absolute Gasteiger partial charge is 0.329 e. The first-order valence-corrected chi connectivity index (χ1v) is 8.09. The first kappa shape index (κ1) is 15.1. The maximum Gasteiger partial charge on any atom is 0.167 e. The molecule has 0 aliphatic heterocycles. The highest BCUT2D eigenvalue weighted by atomic mass is 32.2. The summed E-state index contributed by atoms with van der Waals surface area (Å²) in [4.78, 5) is 4.35. The Morgan fingerprint density at radius 1 is 1.30 bits per heavy atom. The van der Waals surface area contributed by atoms with Crippen molar-refractivity contribution >= 4 is 11.8 Å². The van der Waals surface area contributed by atoms with Crippen LogP contribution in [-0.4, -0.2) is 22.4 Å². The first-order chi connectivity index (χ1) is 9.74. The molecule has 1 N–H and O–H groups in total. The third-order valence-electron chi connectivity index (χ3n) is 3.43. The topological polar surface area (TPSA) is 29.9 Å². The van der Waals surface area contributed by atoms with Crippen molar-refractivity contribution in [2.45, 2.75) is 31.0 Å². The smallest absolute Gasteiger partial charge is 0.167 e. The molecule has 0 radical (unpaired) electrons. The van der Waals surface area contributed by atoms with Gasteiger partial charge in [-0.3, -0.25) is 0 Å². The molecule has 20 heavy (non-hydrogen) atoms. The normalized spacial score (nSPS) is 12.6. The molecular formula is C16H23N3S. The molecule has 108 valence electrons. The molecule has 2 rings (SSSR count). The number of rotatable bonds is 7. The molecule has 0 aliphatic rings. The van der Waals surface area contributed by atoms with Gasteiger partial charge in [0, 0.05) is 31.2 Å². The Kier molecular flexibility index (Phi) is 5.68. The van der Waals surface area contributed by atoms with Gasteiger partial charge in [-0.2, -0.15) is 0 Å². The van der Waals surface area contributed by atoms with E-state index >= 15 is 0 Å². The van der Waals surface area contributed by atoms with Crippen LogP contribution in [0.5, 0.6) is 0 Å². The van der Waals surface area contributed by atoms with Crippen LogP contribution in [0.2, 0.25) is 0 Å². The van der Waals surface area contributed by atoms with E-state index in [9.17, 15) is 0 Å². The highest BCUT2D eigenvalue weighted by molar-refractivity contribution is 7.99. The summed E-state index contributed by atoms with van der Waals surface area (Å²) >= 11 is 1.79. The quantitative estimate of drug-likeness (QED) is 0.792. The molecule has 0 spiro atoms. The molecule has 0 amide bonds. The SMILES string of the molecule is CCCc1ccc(C(CSc2nccn2C)NC)cc1. The van der Waals surface area contributed by atoms with Crippen LogP contribution in [0.1, 0.15) is 30.5 Å². The van der Waals surface area contributed by atoms with E-state index in [1.165, 1.54) is 17.5 Å². The standard InChI is InChI=1S/C16H23N3S/c1-4-5-13-6-8-14(9-7-13)15(17-2)12-20-16-18-10-11-19(16)3/h6-11,15,17H,4-5,12H2,1-3H3. The predicted octanol–water partition coefficient (Wildman–Crippen LogP) is 3.43. The van der Waals surface area contributed by atoms with Gasteiger partial charge in [0.1, 0.15) is 0 Å². The van der Waals surface area contributed by atoms with E-state index in [-0.39, 0.29) is 0 Å². The molecule has 0 saturated carbocycles. The van der Waals surface area contributed by atoms with Crippen LogP contribution in [0.15, 0.2) is 41.8 Å². The number of nitrogens with one attached hydrogen (secondary N) is 1. The zero-order chi connectivity index (χ0) is 14.4. The summed E-state index contributed by atoms with van der Waals surface area (Å²) in [7, 11) is 4.05. The van der Waals surface area contributed by atoms with Gasteiger partial charge in [0.25, 0.3) is 0 Å². The Labute approximate surface area is 125 Å². The minimum Gasteiger partial charge on any atom is -0.329 e. The van der Waals surface area contributed by atoms with Crippen LogP contribution in [0.25, 0.3) is 0 Å². The molecule has 2 aromatic rings. The van der Waals surface area contributed by atoms with Crippen molar-refractivity contribution in [3.05, 3.63) is 47.8 Å². The summed E-state index contributed by atoms with van der Waals surface area (Å²) in [5, 5.41) is 4.46. The van der Waals surface area contributed by atoms with E-state index in [0.717, 1.165) is 17.3 Å². The van der Waals surface area contributed by atoms with Crippen molar-refractivity contribution in [1.82, 2.24) is 14.9 Å². The van der Waals surface area contributed by atoms with Gasteiger partial charge in [0.15, 0.2) is 5.16 Å². The molecule has 0 aliphatic carbocycles. The molecule has 4 heteroatoms. The highest BCUT2D eigenvalue weighted by Gasteiger charge is 2.11. The second-order valence-electron chi connectivity index (χ2n) is 4.96. The number of benzene rings is 1. The number of aryl methyl sites for hydroxylation is 2. The minimum absolute atomic E-state index is 0.354. The van der Waals surface area contributed by atoms with E-state index < -0.39 is 0 Å².